The van der Waals surface area contributed by atoms with Gasteiger partial charge in [-0.05, 0) is 24.5 Å². The van der Waals surface area contributed by atoms with E-state index in [0.717, 1.165) is 13.0 Å². The number of rotatable bonds is 3. The molecule has 2 N–H and O–H groups in total. The summed E-state index contributed by atoms with van der Waals surface area (Å²) < 4.78 is 10.4. The van der Waals surface area contributed by atoms with Crippen molar-refractivity contribution in [3.8, 4) is 11.5 Å². The van der Waals surface area contributed by atoms with Gasteiger partial charge in [0.25, 0.3) is 5.91 Å². The monoisotopic (exact) mass is 278 g/mol. The van der Waals surface area contributed by atoms with Gasteiger partial charge >= 0.3 is 0 Å². The second-order valence-electron chi connectivity index (χ2n) is 5.38. The van der Waals surface area contributed by atoms with Crippen LogP contribution in [-0.2, 0) is 0 Å². The van der Waals surface area contributed by atoms with Crippen molar-refractivity contribution in [1.29, 1.82) is 0 Å². The number of carbonyl (C=O) groups excluding carboxylic acids is 1. The Morgan fingerprint density at radius 1 is 1.30 bits per heavy atom. The van der Waals surface area contributed by atoms with Crippen LogP contribution in [0.1, 0.15) is 23.7 Å². The summed E-state index contributed by atoms with van der Waals surface area (Å²) in [5.41, 5.74) is 6.55. The number of piperidine rings is 1. The molecule has 0 aromatic heterocycles. The molecular weight excluding hydrogens is 256 g/mol. The van der Waals surface area contributed by atoms with E-state index in [0.29, 0.717) is 29.5 Å². The van der Waals surface area contributed by atoms with Crippen LogP contribution in [0.2, 0.25) is 0 Å². The van der Waals surface area contributed by atoms with Gasteiger partial charge in [-0.1, -0.05) is 6.92 Å². The van der Waals surface area contributed by atoms with Gasteiger partial charge in [0.2, 0.25) is 0 Å². The SMILES string of the molecule is COc1ccc(C(=O)N2CC(C)CC(N)C2)c(OC)c1. The Morgan fingerprint density at radius 2 is 2.05 bits per heavy atom. The van der Waals surface area contributed by atoms with Crippen LogP contribution in [0.15, 0.2) is 18.2 Å². The predicted octanol–water partition coefficient (Wildman–Crippen LogP) is 1.51. The third kappa shape index (κ3) is 3.04. The fourth-order valence-electron chi connectivity index (χ4n) is 2.71. The molecule has 2 atom stereocenters. The van der Waals surface area contributed by atoms with Crippen molar-refractivity contribution in [1.82, 2.24) is 4.90 Å². The maximum atomic E-state index is 12.6. The number of hydrogen-bond donors (Lipinski definition) is 1. The lowest BCUT2D eigenvalue weighted by atomic mass is 9.96. The molecule has 0 bridgehead atoms. The second-order valence-corrected chi connectivity index (χ2v) is 5.38. The summed E-state index contributed by atoms with van der Waals surface area (Å²) in [5, 5.41) is 0. The molecule has 0 spiro atoms. The van der Waals surface area contributed by atoms with Crippen LogP contribution in [0, 0.1) is 5.92 Å². The van der Waals surface area contributed by atoms with Crippen LogP contribution in [0.4, 0.5) is 0 Å². The van der Waals surface area contributed by atoms with Gasteiger partial charge in [-0.2, -0.15) is 0 Å². The van der Waals surface area contributed by atoms with E-state index in [-0.39, 0.29) is 11.9 Å². The maximum Gasteiger partial charge on any atom is 0.257 e. The van der Waals surface area contributed by atoms with Crippen LogP contribution in [0.25, 0.3) is 0 Å². The van der Waals surface area contributed by atoms with Crippen molar-refractivity contribution in [3.63, 3.8) is 0 Å². The van der Waals surface area contributed by atoms with E-state index in [1.165, 1.54) is 0 Å². The van der Waals surface area contributed by atoms with Crippen LogP contribution >= 0.6 is 0 Å². The molecule has 1 heterocycles. The average molecular weight is 278 g/mol. The first-order valence-electron chi connectivity index (χ1n) is 6.82. The summed E-state index contributed by atoms with van der Waals surface area (Å²) in [6, 6.07) is 5.28. The highest BCUT2D eigenvalue weighted by atomic mass is 16.5. The quantitative estimate of drug-likeness (QED) is 0.910. The van der Waals surface area contributed by atoms with Crippen molar-refractivity contribution in [3.05, 3.63) is 23.8 Å². The zero-order valence-electron chi connectivity index (χ0n) is 12.3. The first-order chi connectivity index (χ1) is 9.55. The molecular formula is C15H22N2O3. The molecule has 1 amide bonds. The van der Waals surface area contributed by atoms with Gasteiger partial charge in [-0.3, -0.25) is 4.79 Å². The van der Waals surface area contributed by atoms with E-state index in [1.807, 2.05) is 4.90 Å². The number of likely N-dealkylation sites (tertiary alicyclic amines) is 1. The highest BCUT2D eigenvalue weighted by Crippen LogP contribution is 2.27. The van der Waals surface area contributed by atoms with E-state index in [2.05, 4.69) is 6.92 Å². The van der Waals surface area contributed by atoms with Crippen molar-refractivity contribution in [2.45, 2.75) is 19.4 Å². The summed E-state index contributed by atoms with van der Waals surface area (Å²) in [6.45, 7) is 3.45. The fraction of sp³-hybridized carbons (Fsp3) is 0.533. The Kier molecular flexibility index (Phi) is 4.49. The number of benzene rings is 1. The van der Waals surface area contributed by atoms with Crippen LogP contribution in [0.3, 0.4) is 0 Å². The first kappa shape index (κ1) is 14.7. The Hall–Kier alpha value is -1.75. The van der Waals surface area contributed by atoms with E-state index < -0.39 is 0 Å². The summed E-state index contributed by atoms with van der Waals surface area (Å²) in [5.74, 6) is 1.58. The minimum Gasteiger partial charge on any atom is -0.497 e. The molecule has 1 saturated heterocycles. The average Bonchev–Trinajstić information content (AvgIpc) is 2.44. The van der Waals surface area contributed by atoms with Gasteiger partial charge in [-0.25, -0.2) is 0 Å². The fourth-order valence-corrected chi connectivity index (χ4v) is 2.71. The largest absolute Gasteiger partial charge is 0.497 e. The van der Waals surface area contributed by atoms with Crippen molar-refractivity contribution < 1.29 is 14.3 Å². The highest BCUT2D eigenvalue weighted by Gasteiger charge is 2.28. The lowest BCUT2D eigenvalue weighted by Gasteiger charge is -2.35. The van der Waals surface area contributed by atoms with E-state index in [1.54, 1.807) is 32.4 Å². The molecule has 5 nitrogen and oxygen atoms in total. The molecule has 20 heavy (non-hydrogen) atoms. The van der Waals surface area contributed by atoms with Crippen LogP contribution < -0.4 is 15.2 Å². The third-order valence-electron chi connectivity index (χ3n) is 3.62. The molecule has 1 aliphatic heterocycles. The molecule has 1 aromatic rings. The minimum absolute atomic E-state index is 0.0356. The molecule has 0 saturated carbocycles. The predicted molar refractivity (Wildman–Crippen MR) is 77.2 cm³/mol. The summed E-state index contributed by atoms with van der Waals surface area (Å²) >= 11 is 0. The molecule has 0 aliphatic carbocycles. The smallest absolute Gasteiger partial charge is 0.257 e. The zero-order valence-corrected chi connectivity index (χ0v) is 12.3. The van der Waals surface area contributed by atoms with Crippen LogP contribution in [-0.4, -0.2) is 44.2 Å². The molecule has 2 rings (SSSR count). The summed E-state index contributed by atoms with van der Waals surface area (Å²) in [7, 11) is 3.14. The van der Waals surface area contributed by atoms with Crippen molar-refractivity contribution >= 4 is 5.91 Å². The maximum absolute atomic E-state index is 12.6. The summed E-state index contributed by atoms with van der Waals surface area (Å²) in [6.07, 6.45) is 0.962. The molecule has 1 aromatic carbocycles. The van der Waals surface area contributed by atoms with Gasteiger partial charge < -0.3 is 20.1 Å². The van der Waals surface area contributed by atoms with Crippen molar-refractivity contribution in [2.24, 2.45) is 11.7 Å². The number of nitrogens with zero attached hydrogens (tertiary/aromatic N) is 1. The molecule has 110 valence electrons. The standard InChI is InChI=1S/C15H22N2O3/c1-10-6-11(16)9-17(8-10)15(18)13-5-4-12(19-2)7-14(13)20-3/h4-5,7,10-11H,6,8-9,16H2,1-3H3. The molecule has 1 aliphatic rings. The van der Waals surface area contributed by atoms with Gasteiger partial charge in [0.1, 0.15) is 11.5 Å². The Morgan fingerprint density at radius 3 is 2.65 bits per heavy atom. The van der Waals surface area contributed by atoms with Gasteiger partial charge in [-0.15, -0.1) is 0 Å². The van der Waals surface area contributed by atoms with Gasteiger partial charge in [0.05, 0.1) is 19.8 Å². The third-order valence-corrected chi connectivity index (χ3v) is 3.62. The minimum atomic E-state index is -0.0356. The number of nitrogens with two attached hydrogens (primary N) is 1. The Bertz CT molecular complexity index is 480. The second kappa shape index (κ2) is 6.13. The normalized spacial score (nSPS) is 22.5. The lowest BCUT2D eigenvalue weighted by molar-refractivity contribution is 0.0657. The Balaban J connectivity index is 2.24. The highest BCUT2D eigenvalue weighted by molar-refractivity contribution is 5.97. The molecule has 5 heteroatoms. The van der Waals surface area contributed by atoms with E-state index in [4.69, 9.17) is 15.2 Å². The van der Waals surface area contributed by atoms with Crippen molar-refractivity contribution in [2.75, 3.05) is 27.3 Å². The lowest BCUT2D eigenvalue weighted by Crippen LogP contribution is -2.48. The number of hydrogen-bond acceptors (Lipinski definition) is 4. The van der Waals surface area contributed by atoms with Gasteiger partial charge in [0.15, 0.2) is 0 Å². The molecule has 0 radical (unpaired) electrons. The summed E-state index contributed by atoms with van der Waals surface area (Å²) in [4.78, 5) is 14.4. The first-order valence-corrected chi connectivity index (χ1v) is 6.82. The molecule has 1 fully saturated rings. The van der Waals surface area contributed by atoms with Crippen LogP contribution in [0.5, 0.6) is 11.5 Å². The van der Waals surface area contributed by atoms with E-state index >= 15 is 0 Å². The topological polar surface area (TPSA) is 64.8 Å². The van der Waals surface area contributed by atoms with E-state index in [9.17, 15) is 4.79 Å². The number of carbonyl (C=O) groups is 1. The number of methoxy groups -OCH3 is 2. The Labute approximate surface area is 119 Å². The molecule has 2 unspecified atom stereocenters. The number of amides is 1. The van der Waals surface area contributed by atoms with Gasteiger partial charge in [0, 0.05) is 25.2 Å². The number of ether oxygens (including phenoxy) is 2. The zero-order chi connectivity index (χ0) is 14.7.